The van der Waals surface area contributed by atoms with Crippen molar-refractivity contribution < 1.29 is 77.6 Å². The van der Waals surface area contributed by atoms with E-state index in [4.69, 9.17) is 21.9 Å². The molecule has 6 unspecified atom stereocenters. The summed E-state index contributed by atoms with van der Waals surface area (Å²) in [5.74, 6) is -14.2. The first kappa shape index (κ1) is 61.9. The number of nitrogens with zero attached hydrogens (tertiary/aromatic N) is 2. The van der Waals surface area contributed by atoms with Gasteiger partial charge in [0, 0.05) is 30.8 Å². The Morgan fingerprint density at radius 2 is 1.13 bits per heavy atom. The van der Waals surface area contributed by atoms with Crippen LogP contribution in [-0.4, -0.2) is 165 Å². The summed E-state index contributed by atoms with van der Waals surface area (Å²) < 4.78 is 5.46. The Morgan fingerprint density at radius 3 is 1.63 bits per heavy atom. The van der Waals surface area contributed by atoms with Gasteiger partial charge in [0.05, 0.1) is 38.7 Å². The Balaban J connectivity index is 1.39. The maximum atomic E-state index is 13.9. The number of primary amides is 1. The minimum absolute atomic E-state index is 0.0278. The molecule has 9 amide bonds. The van der Waals surface area contributed by atoms with Crippen molar-refractivity contribution >= 4 is 77.2 Å². The fourth-order valence-electron chi connectivity index (χ4n) is 8.14. The number of nitrogens with one attached hydrogen (secondary N) is 9. The Bertz CT molecular complexity index is 2700. The minimum Gasteiger partial charge on any atom is -0.481 e. The first-order valence-electron chi connectivity index (χ1n) is 24.6. The number of benzene rings is 2. The molecule has 30 nitrogen and oxygen atoms in total. The van der Waals surface area contributed by atoms with Crippen LogP contribution < -0.4 is 59.7 Å². The van der Waals surface area contributed by atoms with Gasteiger partial charge in [-0.2, -0.15) is 0 Å². The van der Waals surface area contributed by atoms with Crippen LogP contribution in [0.5, 0.6) is 0 Å². The molecule has 6 atom stereocenters. The van der Waals surface area contributed by atoms with Gasteiger partial charge in [-0.3, -0.25) is 52.9 Å². The fraction of sp³-hybridized carbons (Fsp3) is 0.429. The molecule has 0 saturated carbocycles. The number of hydrogen-bond donors (Lipinski definition) is 15. The summed E-state index contributed by atoms with van der Waals surface area (Å²) in [7, 11) is 0. The summed E-state index contributed by atoms with van der Waals surface area (Å²) >= 11 is 0. The third-order valence-corrected chi connectivity index (χ3v) is 11.8. The van der Waals surface area contributed by atoms with Crippen molar-refractivity contribution in [3.8, 4) is 11.1 Å². The van der Waals surface area contributed by atoms with Gasteiger partial charge in [-0.15, -0.1) is 0 Å². The molecule has 0 spiro atoms. The molecule has 0 radical (unpaired) electrons. The van der Waals surface area contributed by atoms with Crippen LogP contribution in [0, 0.1) is 5.92 Å². The van der Waals surface area contributed by atoms with Crippen molar-refractivity contribution in [1.82, 2.24) is 52.5 Å². The van der Waals surface area contributed by atoms with Crippen molar-refractivity contribution in [2.45, 2.75) is 101 Å². The lowest BCUT2D eigenvalue weighted by molar-refractivity contribution is -0.144. The average Bonchev–Trinajstić information content (AvgIpc) is 4.09. The summed E-state index contributed by atoms with van der Waals surface area (Å²) in [6, 6.07) is 5.13. The molecule has 30 heteroatoms. The number of carboxylic acids is 3. The van der Waals surface area contributed by atoms with Crippen molar-refractivity contribution in [3.05, 3.63) is 77.9 Å². The zero-order valence-corrected chi connectivity index (χ0v) is 42.9. The van der Waals surface area contributed by atoms with Gasteiger partial charge in [-0.25, -0.2) is 14.6 Å². The summed E-state index contributed by atoms with van der Waals surface area (Å²) in [5.41, 5.74) is 20.1. The highest BCUT2D eigenvalue weighted by atomic mass is 16.5. The number of aliphatic imine (C=N–C) groups is 1. The van der Waals surface area contributed by atoms with Crippen molar-refractivity contribution in [1.29, 1.82) is 0 Å². The van der Waals surface area contributed by atoms with Crippen LogP contribution in [-0.2, 0) is 63.9 Å². The number of aromatic amines is 1. The van der Waals surface area contributed by atoms with Gasteiger partial charge in [-0.1, -0.05) is 62.4 Å². The highest BCUT2D eigenvalue weighted by Gasteiger charge is 2.35. The number of rotatable bonds is 32. The molecule has 2 aromatic carbocycles. The second-order valence-electron chi connectivity index (χ2n) is 18.4. The molecule has 4 rings (SSSR count). The van der Waals surface area contributed by atoms with E-state index in [0.29, 0.717) is 0 Å². The van der Waals surface area contributed by atoms with Gasteiger partial charge in [0.15, 0.2) is 5.96 Å². The molecule has 3 aromatic rings. The molecule has 426 valence electrons. The zero-order valence-electron chi connectivity index (χ0n) is 42.9. The second-order valence-corrected chi connectivity index (χ2v) is 18.4. The van der Waals surface area contributed by atoms with E-state index < -0.39 is 140 Å². The molecular weight excluding hydrogens is 1040 g/mol. The highest BCUT2D eigenvalue weighted by Crippen LogP contribution is 2.44. The maximum Gasteiger partial charge on any atom is 0.407 e. The molecule has 0 saturated heterocycles. The SMILES string of the molecule is CC(C)CC(NC(=O)C(CC(=O)O)NC(=O)C(Cc1cnc[nH]1)NC(=O)C(CCCN=C(N)N)NC(=O)CNC(=O)C(CC(=O)O)NC(=O)CNC(=O)C(CC(N)=O)NC(=O)OCC1c2ccccc2-c2ccccc21)C(=O)O. The van der Waals surface area contributed by atoms with E-state index in [9.17, 15) is 72.9 Å². The number of hydrogen-bond acceptors (Lipinski definition) is 15. The molecule has 0 bridgehead atoms. The number of fused-ring (bicyclic) bond motifs is 3. The summed E-state index contributed by atoms with van der Waals surface area (Å²) in [5, 5.41) is 46.7. The Morgan fingerprint density at radius 1 is 0.633 bits per heavy atom. The van der Waals surface area contributed by atoms with E-state index >= 15 is 0 Å². The van der Waals surface area contributed by atoms with Crippen LogP contribution in [0.15, 0.2) is 66.0 Å². The van der Waals surface area contributed by atoms with Crippen LogP contribution >= 0.6 is 0 Å². The topological polar surface area (TPSA) is 490 Å². The van der Waals surface area contributed by atoms with Gasteiger partial charge >= 0.3 is 24.0 Å². The molecule has 1 aliphatic rings. The molecule has 1 aliphatic carbocycles. The number of amides is 9. The lowest BCUT2D eigenvalue weighted by Gasteiger charge is -2.26. The van der Waals surface area contributed by atoms with Crippen LogP contribution in [0.25, 0.3) is 11.1 Å². The van der Waals surface area contributed by atoms with Crippen LogP contribution in [0.2, 0.25) is 0 Å². The number of aromatic nitrogens is 2. The number of alkyl carbamates (subject to hydrolysis) is 1. The van der Waals surface area contributed by atoms with E-state index in [0.717, 1.165) is 22.3 Å². The highest BCUT2D eigenvalue weighted by molar-refractivity contribution is 5.98. The van der Waals surface area contributed by atoms with E-state index in [1.54, 1.807) is 13.8 Å². The van der Waals surface area contributed by atoms with Crippen molar-refractivity contribution in [2.75, 3.05) is 26.2 Å². The summed E-state index contributed by atoms with van der Waals surface area (Å²) in [4.78, 5) is 164. The predicted molar refractivity (Wildman–Crippen MR) is 275 cm³/mol. The molecule has 0 aliphatic heterocycles. The Hall–Kier alpha value is -9.64. The van der Waals surface area contributed by atoms with Crippen LogP contribution in [0.1, 0.15) is 75.1 Å². The van der Waals surface area contributed by atoms with Crippen molar-refractivity contribution in [3.63, 3.8) is 0 Å². The monoisotopic (exact) mass is 1100 g/mol. The maximum absolute atomic E-state index is 13.9. The number of H-pyrrole nitrogens is 1. The number of imidazole rings is 1. The smallest absolute Gasteiger partial charge is 0.407 e. The summed E-state index contributed by atoms with van der Waals surface area (Å²) in [6.07, 6.45) is -1.88. The largest absolute Gasteiger partial charge is 0.481 e. The summed E-state index contributed by atoms with van der Waals surface area (Å²) in [6.45, 7) is 1.32. The second kappa shape index (κ2) is 30.2. The molecular formula is C49H64N14O16. The number of ether oxygens (including phenoxy) is 1. The number of aliphatic carboxylic acids is 3. The number of carbonyl (C=O) groups excluding carboxylic acids is 9. The first-order chi connectivity index (χ1) is 37.4. The molecule has 18 N–H and O–H groups in total. The minimum atomic E-state index is -1.87. The average molecular weight is 1110 g/mol. The number of guanidine groups is 1. The zero-order chi connectivity index (χ0) is 58.3. The van der Waals surface area contributed by atoms with Gasteiger partial charge in [-0.05, 0) is 47.4 Å². The molecule has 79 heavy (non-hydrogen) atoms. The Labute approximate surface area is 450 Å². The lowest BCUT2D eigenvalue weighted by Crippen LogP contribution is -2.59. The molecule has 1 aromatic heterocycles. The van der Waals surface area contributed by atoms with Gasteiger partial charge in [0.25, 0.3) is 0 Å². The molecule has 0 fully saturated rings. The van der Waals surface area contributed by atoms with E-state index in [1.165, 1.54) is 12.5 Å². The normalized spacial score (nSPS) is 13.7. The fourth-order valence-corrected chi connectivity index (χ4v) is 8.14. The lowest BCUT2D eigenvalue weighted by atomic mass is 9.98. The Kier molecular flexibility index (Phi) is 23.7. The van der Waals surface area contributed by atoms with Gasteiger partial charge in [0.1, 0.15) is 42.9 Å². The van der Waals surface area contributed by atoms with Gasteiger partial charge < -0.3 is 84.8 Å². The number of carbonyl (C=O) groups is 12. The predicted octanol–water partition coefficient (Wildman–Crippen LogP) is -3.48. The standard InChI is InChI=1S/C49H64N14O16/c1-24(2)14-36(47(76)77)62-46(75)35(18-41(69)70)61-45(74)32(15-25-19-53-23-57-25)60-44(73)31(12-7-13-54-48(51)52)58-38(65)20-56-43(72)34(17-40(67)68)59-39(66)21-55-42(71)33(16-37(50)64)63-49(78)79-22-30-28-10-5-3-8-26(28)27-9-4-6-11-29(27)30/h3-6,8-11,19,23-24,30-36H,7,12-18,20-22H2,1-2H3,(H2,50,64)(H,53,57)(H,55,71)(H,56,72)(H,58,65)(H,59,66)(H,60,73)(H,61,74)(H,62,75)(H,63,78)(H,67,68)(H,69,70)(H,76,77)(H4,51,52,54). The van der Waals surface area contributed by atoms with Crippen LogP contribution in [0.3, 0.4) is 0 Å². The third-order valence-electron chi connectivity index (χ3n) is 11.8. The van der Waals surface area contributed by atoms with E-state index in [1.807, 2.05) is 48.5 Å². The van der Waals surface area contributed by atoms with Crippen molar-refractivity contribution in [2.24, 2.45) is 28.1 Å². The van der Waals surface area contributed by atoms with Crippen LogP contribution in [0.4, 0.5) is 4.79 Å². The third kappa shape index (κ3) is 20.4. The number of nitrogens with two attached hydrogens (primary N) is 3. The quantitative estimate of drug-likeness (QED) is 0.0164. The van der Waals surface area contributed by atoms with E-state index in [2.05, 4.69) is 57.5 Å². The molecule has 1 heterocycles. The number of carboxylic acid groups (broad SMARTS) is 3. The first-order valence-corrected chi connectivity index (χ1v) is 24.6. The van der Waals surface area contributed by atoms with Gasteiger partial charge in [0.2, 0.25) is 47.3 Å². The van der Waals surface area contributed by atoms with E-state index in [-0.39, 0.29) is 62.3 Å².